The average molecular weight is 381 g/mol. The van der Waals surface area contributed by atoms with E-state index in [4.69, 9.17) is 4.52 Å². The van der Waals surface area contributed by atoms with Gasteiger partial charge in [0.1, 0.15) is 17.0 Å². The van der Waals surface area contributed by atoms with E-state index in [1.807, 2.05) is 20.8 Å². The first-order valence-corrected chi connectivity index (χ1v) is 8.14. The van der Waals surface area contributed by atoms with E-state index in [1.165, 1.54) is 16.7 Å². The van der Waals surface area contributed by atoms with E-state index in [0.717, 1.165) is 6.07 Å². The predicted octanol–water partition coefficient (Wildman–Crippen LogP) is 4.11. The van der Waals surface area contributed by atoms with Gasteiger partial charge in [-0.1, -0.05) is 25.9 Å². The van der Waals surface area contributed by atoms with E-state index < -0.39 is 11.9 Å². The van der Waals surface area contributed by atoms with Crippen LogP contribution >= 0.6 is 0 Å². The number of amides is 1. The molecule has 10 heteroatoms. The zero-order valence-electron chi connectivity index (χ0n) is 15.2. The molecule has 0 atom stereocenters. The molecular formula is C17H18F3N5O2. The fraction of sp³-hybridized carbons (Fsp3) is 0.412. The Kier molecular flexibility index (Phi) is 4.44. The van der Waals surface area contributed by atoms with Crippen LogP contribution in [0.2, 0.25) is 0 Å². The molecule has 1 amide bonds. The van der Waals surface area contributed by atoms with Crippen LogP contribution in [0.25, 0.3) is 17.0 Å². The molecule has 0 aliphatic heterocycles. The molecule has 0 bridgehead atoms. The Labute approximate surface area is 152 Å². The van der Waals surface area contributed by atoms with Crippen LogP contribution in [0.15, 0.2) is 22.7 Å². The Hall–Kier alpha value is -2.91. The van der Waals surface area contributed by atoms with Gasteiger partial charge in [-0.25, -0.2) is 14.5 Å². The summed E-state index contributed by atoms with van der Waals surface area (Å²) in [6.45, 7) is 7.33. The van der Waals surface area contributed by atoms with Crippen molar-refractivity contribution in [3.63, 3.8) is 0 Å². The summed E-state index contributed by atoms with van der Waals surface area (Å²) in [5.41, 5.74) is -1.23. The third-order valence-electron chi connectivity index (χ3n) is 3.58. The summed E-state index contributed by atoms with van der Waals surface area (Å²) in [5.74, 6) is 0.327. The molecule has 0 unspecified atom stereocenters. The van der Waals surface area contributed by atoms with Crippen molar-refractivity contribution in [3.05, 3.63) is 29.7 Å². The fourth-order valence-electron chi connectivity index (χ4n) is 2.53. The zero-order valence-corrected chi connectivity index (χ0v) is 15.2. The van der Waals surface area contributed by atoms with Crippen LogP contribution in [-0.2, 0) is 11.0 Å². The standard InChI is InChI=1S/C17H18F3N5O2/c1-9-7-12(24-27-9)25-14-10(5-6-11(22-14)17(18,19)20)21-15(25)23-13(26)8-16(2,3)4/h5-7H,8H2,1-4H3,(H,21,23,26). The molecule has 0 aliphatic carbocycles. The van der Waals surface area contributed by atoms with Crippen LogP contribution in [-0.4, -0.2) is 25.6 Å². The molecule has 0 spiro atoms. The highest BCUT2D eigenvalue weighted by atomic mass is 19.4. The lowest BCUT2D eigenvalue weighted by molar-refractivity contribution is -0.141. The van der Waals surface area contributed by atoms with Crippen LogP contribution in [0.1, 0.15) is 38.6 Å². The SMILES string of the molecule is Cc1cc(-n2c(NC(=O)CC(C)(C)C)nc3ccc(C(F)(F)F)nc32)no1. The lowest BCUT2D eigenvalue weighted by Crippen LogP contribution is -2.21. The third-order valence-corrected chi connectivity index (χ3v) is 3.58. The van der Waals surface area contributed by atoms with Gasteiger partial charge in [-0.2, -0.15) is 13.2 Å². The number of fused-ring (bicyclic) bond motifs is 1. The topological polar surface area (TPSA) is 85.8 Å². The molecule has 0 radical (unpaired) electrons. The van der Waals surface area contributed by atoms with Gasteiger partial charge in [0.15, 0.2) is 11.5 Å². The summed E-state index contributed by atoms with van der Waals surface area (Å²) in [7, 11) is 0. The maximum absolute atomic E-state index is 13.1. The van der Waals surface area contributed by atoms with Crippen molar-refractivity contribution in [1.29, 1.82) is 0 Å². The highest BCUT2D eigenvalue weighted by Crippen LogP contribution is 2.31. The van der Waals surface area contributed by atoms with E-state index >= 15 is 0 Å². The molecule has 0 saturated carbocycles. The highest BCUT2D eigenvalue weighted by molar-refractivity contribution is 5.92. The molecule has 3 heterocycles. The van der Waals surface area contributed by atoms with Crippen LogP contribution in [0, 0.1) is 12.3 Å². The second kappa shape index (κ2) is 6.36. The minimum absolute atomic E-state index is 0.0272. The van der Waals surface area contributed by atoms with Crippen LogP contribution < -0.4 is 5.32 Å². The van der Waals surface area contributed by atoms with Gasteiger partial charge in [0.05, 0.1) is 0 Å². The number of imidazole rings is 1. The van der Waals surface area contributed by atoms with Gasteiger partial charge in [0, 0.05) is 12.5 Å². The average Bonchev–Trinajstić information content (AvgIpc) is 3.06. The second-order valence-corrected chi connectivity index (χ2v) is 7.39. The zero-order chi connectivity index (χ0) is 20.0. The normalized spacial score (nSPS) is 12.6. The summed E-state index contributed by atoms with van der Waals surface area (Å²) in [5, 5.41) is 6.45. The molecule has 0 saturated heterocycles. The number of hydrogen-bond acceptors (Lipinski definition) is 5. The van der Waals surface area contributed by atoms with Gasteiger partial charge in [-0.05, 0) is 24.5 Å². The minimum atomic E-state index is -4.61. The summed E-state index contributed by atoms with van der Waals surface area (Å²) >= 11 is 0. The number of nitrogens with zero attached hydrogens (tertiary/aromatic N) is 4. The number of halogens is 3. The number of anilines is 1. The number of aromatic nitrogens is 4. The molecule has 0 fully saturated rings. The number of hydrogen-bond donors (Lipinski definition) is 1. The number of rotatable bonds is 3. The first kappa shape index (κ1) is 18.9. The second-order valence-electron chi connectivity index (χ2n) is 7.39. The molecule has 3 aromatic rings. The molecule has 27 heavy (non-hydrogen) atoms. The summed E-state index contributed by atoms with van der Waals surface area (Å²) in [6, 6.07) is 3.56. The van der Waals surface area contributed by atoms with E-state index in [-0.39, 0.29) is 40.7 Å². The Balaban J connectivity index is 2.13. The smallest absolute Gasteiger partial charge is 0.360 e. The largest absolute Gasteiger partial charge is 0.433 e. The first-order chi connectivity index (χ1) is 12.4. The summed E-state index contributed by atoms with van der Waals surface area (Å²) < 4.78 is 45.4. The molecule has 3 rings (SSSR count). The van der Waals surface area contributed by atoms with Crippen molar-refractivity contribution < 1.29 is 22.5 Å². The maximum atomic E-state index is 13.1. The fourth-order valence-corrected chi connectivity index (χ4v) is 2.53. The number of alkyl halides is 3. The Morgan fingerprint density at radius 3 is 2.48 bits per heavy atom. The quantitative estimate of drug-likeness (QED) is 0.738. The van der Waals surface area contributed by atoms with Gasteiger partial charge in [-0.15, -0.1) is 0 Å². The molecular weight excluding hydrogens is 363 g/mol. The number of carbonyl (C=O) groups is 1. The molecule has 7 nitrogen and oxygen atoms in total. The van der Waals surface area contributed by atoms with Crippen molar-refractivity contribution in [2.75, 3.05) is 5.32 Å². The van der Waals surface area contributed by atoms with Crippen LogP contribution in [0.3, 0.4) is 0 Å². The van der Waals surface area contributed by atoms with Crippen molar-refractivity contribution in [2.24, 2.45) is 5.41 Å². The predicted molar refractivity (Wildman–Crippen MR) is 91.4 cm³/mol. The van der Waals surface area contributed by atoms with Crippen molar-refractivity contribution >= 4 is 23.0 Å². The van der Waals surface area contributed by atoms with Crippen molar-refractivity contribution in [3.8, 4) is 5.82 Å². The number of aryl methyl sites for hydroxylation is 1. The van der Waals surface area contributed by atoms with Gasteiger partial charge in [0.2, 0.25) is 11.9 Å². The molecule has 0 aromatic carbocycles. The maximum Gasteiger partial charge on any atom is 0.433 e. The van der Waals surface area contributed by atoms with E-state index in [2.05, 4.69) is 20.4 Å². The first-order valence-electron chi connectivity index (χ1n) is 8.14. The van der Waals surface area contributed by atoms with Gasteiger partial charge in [0.25, 0.3) is 0 Å². The number of pyridine rings is 1. The van der Waals surface area contributed by atoms with Crippen molar-refractivity contribution in [2.45, 2.75) is 40.3 Å². The molecule has 3 aromatic heterocycles. The lowest BCUT2D eigenvalue weighted by atomic mass is 9.92. The van der Waals surface area contributed by atoms with Gasteiger partial charge < -0.3 is 4.52 Å². The monoisotopic (exact) mass is 381 g/mol. The summed E-state index contributed by atoms with van der Waals surface area (Å²) in [4.78, 5) is 20.2. The van der Waals surface area contributed by atoms with E-state index in [1.54, 1.807) is 6.92 Å². The molecule has 0 aliphatic rings. The van der Waals surface area contributed by atoms with Crippen LogP contribution in [0.5, 0.6) is 0 Å². The van der Waals surface area contributed by atoms with Gasteiger partial charge >= 0.3 is 6.18 Å². The van der Waals surface area contributed by atoms with E-state index in [0.29, 0.717) is 5.76 Å². The molecule has 1 N–H and O–H groups in total. The van der Waals surface area contributed by atoms with Crippen LogP contribution in [0.4, 0.5) is 19.1 Å². The Bertz CT molecular complexity index is 998. The number of nitrogens with one attached hydrogen (secondary N) is 1. The number of carbonyl (C=O) groups excluding carboxylic acids is 1. The third kappa shape index (κ3) is 4.09. The summed E-state index contributed by atoms with van der Waals surface area (Å²) in [6.07, 6.45) is -4.41. The van der Waals surface area contributed by atoms with E-state index in [9.17, 15) is 18.0 Å². The van der Waals surface area contributed by atoms with Crippen molar-refractivity contribution in [1.82, 2.24) is 19.7 Å². The Morgan fingerprint density at radius 1 is 1.22 bits per heavy atom. The minimum Gasteiger partial charge on any atom is -0.360 e. The lowest BCUT2D eigenvalue weighted by Gasteiger charge is -2.17. The molecule has 144 valence electrons. The highest BCUT2D eigenvalue weighted by Gasteiger charge is 2.33. The Morgan fingerprint density at radius 2 is 1.93 bits per heavy atom. The van der Waals surface area contributed by atoms with Gasteiger partial charge in [-0.3, -0.25) is 10.1 Å².